The van der Waals surface area contributed by atoms with Crippen LogP contribution in [0, 0.1) is 0 Å². The van der Waals surface area contributed by atoms with Gasteiger partial charge in [-0.05, 0) is 12.8 Å². The highest BCUT2D eigenvalue weighted by molar-refractivity contribution is 5.75. The molecular weight excluding hydrogens is 288 g/mol. The molecule has 0 saturated carbocycles. The van der Waals surface area contributed by atoms with Crippen molar-refractivity contribution in [3.05, 3.63) is 17.5 Å². The fourth-order valence-corrected chi connectivity index (χ4v) is 2.52. The molecule has 1 aromatic rings. The summed E-state index contributed by atoms with van der Waals surface area (Å²) in [6, 6.07) is 1.85. The number of carbonyl (C=O) groups excluding carboxylic acids is 1. The lowest BCUT2D eigenvalue weighted by Crippen LogP contribution is -2.46. The van der Waals surface area contributed by atoms with Crippen molar-refractivity contribution in [3.8, 4) is 0 Å². The first kappa shape index (κ1) is 16.9. The first-order valence-corrected chi connectivity index (χ1v) is 7.66. The molecule has 7 heteroatoms. The Morgan fingerprint density at radius 3 is 3.09 bits per heavy atom. The van der Waals surface area contributed by atoms with Gasteiger partial charge in [0.1, 0.15) is 12.7 Å². The molecule has 0 bridgehead atoms. The molecule has 0 aromatic carbocycles. The van der Waals surface area contributed by atoms with Crippen LogP contribution >= 0.6 is 0 Å². The van der Waals surface area contributed by atoms with Crippen LogP contribution in [-0.2, 0) is 27.3 Å². The summed E-state index contributed by atoms with van der Waals surface area (Å²) in [4.78, 5) is 11.3. The van der Waals surface area contributed by atoms with Gasteiger partial charge in [0.15, 0.2) is 5.76 Å². The first-order chi connectivity index (χ1) is 10.6. The van der Waals surface area contributed by atoms with Crippen molar-refractivity contribution < 1.29 is 23.9 Å². The highest BCUT2D eigenvalue weighted by Crippen LogP contribution is 2.22. The zero-order valence-electron chi connectivity index (χ0n) is 13.1. The normalized spacial score (nSPS) is 25.1. The molecule has 0 radical (unpaired) electrons. The van der Waals surface area contributed by atoms with E-state index in [1.807, 2.05) is 6.07 Å². The van der Waals surface area contributed by atoms with E-state index in [4.69, 9.17) is 14.0 Å². The molecule has 0 unspecified atom stereocenters. The predicted molar refractivity (Wildman–Crippen MR) is 78.1 cm³/mol. The minimum absolute atomic E-state index is 0.0348. The van der Waals surface area contributed by atoms with Gasteiger partial charge in [-0.3, -0.25) is 4.79 Å². The summed E-state index contributed by atoms with van der Waals surface area (Å²) in [7, 11) is 1.60. The zero-order valence-corrected chi connectivity index (χ0v) is 13.1. The second kappa shape index (κ2) is 8.26. The van der Waals surface area contributed by atoms with E-state index in [0.717, 1.165) is 12.1 Å². The molecule has 0 aliphatic carbocycles. The number of nitrogens with zero attached hydrogens (tertiary/aromatic N) is 1. The van der Waals surface area contributed by atoms with Gasteiger partial charge in [-0.15, -0.1) is 0 Å². The molecule has 3 atom stereocenters. The van der Waals surface area contributed by atoms with E-state index in [0.29, 0.717) is 38.2 Å². The van der Waals surface area contributed by atoms with Crippen LogP contribution in [0.2, 0.25) is 0 Å². The number of ether oxygens (including phenoxy) is 2. The monoisotopic (exact) mass is 312 g/mol. The Bertz CT molecular complexity index is 476. The third kappa shape index (κ3) is 4.79. The number of aromatic nitrogens is 1. The minimum Gasteiger partial charge on any atom is -0.390 e. The predicted octanol–water partition coefficient (Wildman–Crippen LogP) is 0.798. The molecule has 124 valence electrons. The summed E-state index contributed by atoms with van der Waals surface area (Å²) in [6.45, 7) is 2.51. The molecule has 1 amide bonds. The Kier molecular flexibility index (Phi) is 6.35. The number of methoxy groups -OCH3 is 1. The molecule has 22 heavy (non-hydrogen) atoms. The van der Waals surface area contributed by atoms with Crippen LogP contribution in [0.1, 0.15) is 37.6 Å². The fraction of sp³-hybridized carbons (Fsp3) is 0.733. The van der Waals surface area contributed by atoms with Crippen molar-refractivity contribution in [1.29, 1.82) is 0 Å². The lowest BCUT2D eigenvalue weighted by molar-refractivity contribution is -0.128. The molecule has 2 N–H and O–H groups in total. The van der Waals surface area contributed by atoms with Crippen molar-refractivity contribution in [2.24, 2.45) is 0 Å². The van der Waals surface area contributed by atoms with Gasteiger partial charge in [0, 0.05) is 32.6 Å². The van der Waals surface area contributed by atoms with Crippen molar-refractivity contribution in [2.75, 3.05) is 13.7 Å². The van der Waals surface area contributed by atoms with E-state index in [1.165, 1.54) is 0 Å². The first-order valence-electron chi connectivity index (χ1n) is 7.66. The van der Waals surface area contributed by atoms with E-state index >= 15 is 0 Å². The van der Waals surface area contributed by atoms with E-state index in [1.54, 1.807) is 14.0 Å². The maximum absolute atomic E-state index is 11.3. The van der Waals surface area contributed by atoms with Crippen LogP contribution in [0.15, 0.2) is 10.6 Å². The largest absolute Gasteiger partial charge is 0.390 e. The Morgan fingerprint density at radius 1 is 1.55 bits per heavy atom. The van der Waals surface area contributed by atoms with Gasteiger partial charge < -0.3 is 24.4 Å². The molecule has 1 aromatic heterocycles. The standard InChI is InChI=1S/C15H24N2O5/c1-3-15(19)16-8-14-13(18)5-4-11(21-14)6-10-7-12(9-20-2)22-17-10/h7,11,13-14,18H,3-6,8-9H2,1-2H3,(H,16,19)/t11-,13-,14+/m0/s1. The summed E-state index contributed by atoms with van der Waals surface area (Å²) in [5, 5.41) is 16.7. The minimum atomic E-state index is -0.547. The molecule has 2 heterocycles. The van der Waals surface area contributed by atoms with Crippen molar-refractivity contribution in [2.45, 2.75) is 57.5 Å². The zero-order chi connectivity index (χ0) is 15.9. The second-order valence-corrected chi connectivity index (χ2v) is 5.52. The average Bonchev–Trinajstić information content (AvgIpc) is 2.95. The number of hydrogen-bond acceptors (Lipinski definition) is 6. The maximum atomic E-state index is 11.3. The Balaban J connectivity index is 1.85. The topological polar surface area (TPSA) is 93.8 Å². The lowest BCUT2D eigenvalue weighted by atomic mass is 9.98. The number of aliphatic hydroxyl groups is 1. The van der Waals surface area contributed by atoms with Gasteiger partial charge in [-0.2, -0.15) is 0 Å². The Labute approximate surface area is 130 Å². The molecular formula is C15H24N2O5. The molecule has 1 aliphatic rings. The molecule has 1 saturated heterocycles. The molecule has 1 fully saturated rings. The van der Waals surface area contributed by atoms with Gasteiger partial charge in [-0.25, -0.2) is 0 Å². The summed E-state index contributed by atoms with van der Waals surface area (Å²) in [5.41, 5.74) is 0.810. The maximum Gasteiger partial charge on any atom is 0.219 e. The highest BCUT2D eigenvalue weighted by Gasteiger charge is 2.30. The number of nitrogens with one attached hydrogen (secondary N) is 1. The fourth-order valence-electron chi connectivity index (χ4n) is 2.52. The van der Waals surface area contributed by atoms with Crippen LogP contribution in [0.3, 0.4) is 0 Å². The van der Waals surface area contributed by atoms with Crippen LogP contribution in [0.5, 0.6) is 0 Å². The quantitative estimate of drug-likeness (QED) is 0.773. The Hall–Kier alpha value is -1.44. The summed E-state index contributed by atoms with van der Waals surface area (Å²) in [5.74, 6) is 0.638. The molecule has 7 nitrogen and oxygen atoms in total. The molecule has 0 spiro atoms. The summed E-state index contributed by atoms with van der Waals surface area (Å²) in [6.07, 6.45) is 1.50. The number of amides is 1. The summed E-state index contributed by atoms with van der Waals surface area (Å²) < 4.78 is 16.0. The third-order valence-electron chi connectivity index (χ3n) is 3.73. The highest BCUT2D eigenvalue weighted by atomic mass is 16.5. The van der Waals surface area contributed by atoms with Crippen LogP contribution in [0.25, 0.3) is 0 Å². The van der Waals surface area contributed by atoms with E-state index < -0.39 is 6.10 Å². The van der Waals surface area contributed by atoms with Crippen molar-refractivity contribution in [1.82, 2.24) is 10.5 Å². The number of rotatable bonds is 7. The third-order valence-corrected chi connectivity index (χ3v) is 3.73. The summed E-state index contributed by atoms with van der Waals surface area (Å²) >= 11 is 0. The smallest absolute Gasteiger partial charge is 0.219 e. The van der Waals surface area contributed by atoms with E-state index in [-0.39, 0.29) is 18.1 Å². The van der Waals surface area contributed by atoms with E-state index in [9.17, 15) is 9.90 Å². The second-order valence-electron chi connectivity index (χ2n) is 5.52. The van der Waals surface area contributed by atoms with Gasteiger partial charge >= 0.3 is 0 Å². The average molecular weight is 312 g/mol. The van der Waals surface area contributed by atoms with E-state index in [2.05, 4.69) is 10.5 Å². The van der Waals surface area contributed by atoms with Gasteiger partial charge in [0.05, 0.1) is 17.9 Å². The van der Waals surface area contributed by atoms with Crippen LogP contribution < -0.4 is 5.32 Å². The SMILES string of the molecule is CCC(=O)NC[C@H]1O[C@H](Cc2cc(COC)on2)CC[C@@H]1O. The molecule has 1 aliphatic heterocycles. The Morgan fingerprint density at radius 2 is 2.36 bits per heavy atom. The molecule has 2 rings (SSSR count). The van der Waals surface area contributed by atoms with Gasteiger partial charge in [-0.1, -0.05) is 12.1 Å². The van der Waals surface area contributed by atoms with Crippen molar-refractivity contribution >= 4 is 5.91 Å². The number of carbonyl (C=O) groups is 1. The lowest BCUT2D eigenvalue weighted by Gasteiger charge is -2.33. The number of hydrogen-bond donors (Lipinski definition) is 2. The van der Waals surface area contributed by atoms with Crippen molar-refractivity contribution in [3.63, 3.8) is 0 Å². The number of aliphatic hydroxyl groups excluding tert-OH is 1. The van der Waals surface area contributed by atoms with Gasteiger partial charge in [0.2, 0.25) is 5.91 Å². The van der Waals surface area contributed by atoms with Gasteiger partial charge in [0.25, 0.3) is 0 Å². The van der Waals surface area contributed by atoms with Crippen LogP contribution in [-0.4, -0.2) is 48.1 Å². The van der Waals surface area contributed by atoms with Crippen LogP contribution in [0.4, 0.5) is 0 Å².